The summed E-state index contributed by atoms with van der Waals surface area (Å²) >= 11 is 6.12. The number of rotatable bonds is 4. The van der Waals surface area contributed by atoms with E-state index in [1.54, 1.807) is 36.0 Å². The molecule has 40 heavy (non-hydrogen) atoms. The summed E-state index contributed by atoms with van der Waals surface area (Å²) in [7, 11) is 1.56. The fraction of sp³-hybridized carbons (Fsp3) is 0.448. The number of ether oxygens (including phenoxy) is 2. The van der Waals surface area contributed by atoms with Crippen molar-refractivity contribution < 1.29 is 23.5 Å². The van der Waals surface area contributed by atoms with Crippen molar-refractivity contribution in [1.82, 2.24) is 14.9 Å². The molecule has 0 unspecified atom stereocenters. The van der Waals surface area contributed by atoms with Crippen LogP contribution in [0.3, 0.4) is 0 Å². The molecule has 2 aromatic carbocycles. The SMILES string of the molecule is COc1cc2ncnc(Nc3ccc(F)c(Cl)c3C)c2cc1N1CC2(CCN(C(=O)OC(C)(C)C)CC2)CC1=O. The van der Waals surface area contributed by atoms with Crippen LogP contribution in [0.25, 0.3) is 10.9 Å². The third-order valence-electron chi connectivity index (χ3n) is 7.62. The Balaban J connectivity index is 1.42. The maximum absolute atomic E-state index is 13.9. The maximum atomic E-state index is 13.9. The number of anilines is 3. The number of methoxy groups -OCH3 is 1. The van der Waals surface area contributed by atoms with Gasteiger partial charge >= 0.3 is 6.09 Å². The molecule has 3 heterocycles. The molecule has 1 N–H and O–H groups in total. The van der Waals surface area contributed by atoms with Crippen LogP contribution in [-0.2, 0) is 9.53 Å². The van der Waals surface area contributed by atoms with Gasteiger partial charge in [-0.1, -0.05) is 11.6 Å². The zero-order valence-electron chi connectivity index (χ0n) is 23.3. The molecule has 1 aromatic heterocycles. The van der Waals surface area contributed by atoms with E-state index in [4.69, 9.17) is 21.1 Å². The van der Waals surface area contributed by atoms with Crippen LogP contribution in [0.4, 0.5) is 26.4 Å². The minimum Gasteiger partial charge on any atom is -0.494 e. The van der Waals surface area contributed by atoms with Gasteiger partial charge in [0.15, 0.2) is 0 Å². The lowest BCUT2D eigenvalue weighted by atomic mass is 9.78. The van der Waals surface area contributed by atoms with Gasteiger partial charge in [0.1, 0.15) is 29.3 Å². The van der Waals surface area contributed by atoms with Crippen molar-refractivity contribution in [3.8, 4) is 5.75 Å². The van der Waals surface area contributed by atoms with Gasteiger partial charge in [-0.15, -0.1) is 0 Å². The first kappa shape index (κ1) is 27.9. The summed E-state index contributed by atoms with van der Waals surface area (Å²) in [5.74, 6) is 0.514. The number of benzene rings is 2. The lowest BCUT2D eigenvalue weighted by Gasteiger charge is -2.39. The predicted octanol–water partition coefficient (Wildman–Crippen LogP) is 6.24. The summed E-state index contributed by atoms with van der Waals surface area (Å²) in [5.41, 5.74) is 1.60. The lowest BCUT2D eigenvalue weighted by molar-refractivity contribution is -0.118. The number of aromatic nitrogens is 2. The molecule has 11 heteroatoms. The van der Waals surface area contributed by atoms with Crippen LogP contribution in [0.5, 0.6) is 5.75 Å². The number of carbonyl (C=O) groups excluding carboxylic acids is 2. The minimum atomic E-state index is -0.557. The summed E-state index contributed by atoms with van der Waals surface area (Å²) in [4.78, 5) is 38.3. The first-order chi connectivity index (χ1) is 18.9. The molecule has 1 spiro atoms. The Labute approximate surface area is 237 Å². The van der Waals surface area contributed by atoms with Gasteiger partial charge in [-0.2, -0.15) is 0 Å². The fourth-order valence-electron chi connectivity index (χ4n) is 5.40. The van der Waals surface area contributed by atoms with E-state index in [1.165, 1.54) is 12.4 Å². The molecule has 0 aliphatic carbocycles. The Kier molecular flexibility index (Phi) is 7.24. The molecule has 9 nitrogen and oxygen atoms in total. The molecule has 0 atom stereocenters. The summed E-state index contributed by atoms with van der Waals surface area (Å²) in [6, 6.07) is 6.54. The Hall–Kier alpha value is -3.66. The van der Waals surface area contributed by atoms with Gasteiger partial charge in [0.2, 0.25) is 5.91 Å². The highest BCUT2D eigenvalue weighted by atomic mass is 35.5. The van der Waals surface area contributed by atoms with E-state index in [2.05, 4.69) is 15.3 Å². The molecular weight excluding hydrogens is 537 g/mol. The van der Waals surface area contributed by atoms with E-state index in [1.807, 2.05) is 26.8 Å². The number of likely N-dealkylation sites (tertiary alicyclic amines) is 1. The first-order valence-corrected chi connectivity index (χ1v) is 13.6. The lowest BCUT2D eigenvalue weighted by Crippen LogP contribution is -2.46. The van der Waals surface area contributed by atoms with Crippen molar-refractivity contribution >= 4 is 51.7 Å². The number of hydrogen-bond acceptors (Lipinski definition) is 7. The van der Waals surface area contributed by atoms with E-state index >= 15 is 0 Å². The number of nitrogens with one attached hydrogen (secondary N) is 1. The second kappa shape index (κ2) is 10.4. The molecule has 3 aromatic rings. The topological polar surface area (TPSA) is 96.9 Å². The van der Waals surface area contributed by atoms with Crippen molar-refractivity contribution in [2.24, 2.45) is 5.41 Å². The smallest absolute Gasteiger partial charge is 0.410 e. The van der Waals surface area contributed by atoms with Crippen LogP contribution in [0, 0.1) is 18.2 Å². The normalized spacial score (nSPS) is 17.0. The van der Waals surface area contributed by atoms with Gasteiger partial charge in [-0.05, 0) is 64.3 Å². The van der Waals surface area contributed by atoms with Gasteiger partial charge in [-0.3, -0.25) is 4.79 Å². The summed E-state index contributed by atoms with van der Waals surface area (Å²) in [5, 5.41) is 3.95. The fourth-order valence-corrected chi connectivity index (χ4v) is 5.57. The highest BCUT2D eigenvalue weighted by molar-refractivity contribution is 6.31. The molecule has 212 valence electrons. The molecule has 2 aliphatic rings. The van der Waals surface area contributed by atoms with E-state index in [0.717, 1.165) is 0 Å². The molecule has 0 saturated carbocycles. The van der Waals surface area contributed by atoms with Gasteiger partial charge < -0.3 is 24.6 Å². The Bertz CT molecular complexity index is 1480. The van der Waals surface area contributed by atoms with E-state index in [-0.39, 0.29) is 22.4 Å². The Morgan fingerprint density at radius 3 is 2.58 bits per heavy atom. The Morgan fingerprint density at radius 1 is 1.18 bits per heavy atom. The van der Waals surface area contributed by atoms with E-state index < -0.39 is 11.4 Å². The van der Waals surface area contributed by atoms with E-state index in [0.29, 0.717) is 78.3 Å². The van der Waals surface area contributed by atoms with E-state index in [9.17, 15) is 14.0 Å². The maximum Gasteiger partial charge on any atom is 0.410 e. The van der Waals surface area contributed by atoms with Crippen LogP contribution >= 0.6 is 11.6 Å². The summed E-state index contributed by atoms with van der Waals surface area (Å²) < 4.78 is 25.1. The van der Waals surface area contributed by atoms with Gasteiger partial charge in [0.05, 0.1) is 23.3 Å². The van der Waals surface area contributed by atoms with Crippen LogP contribution in [-0.4, -0.2) is 59.2 Å². The summed E-state index contributed by atoms with van der Waals surface area (Å²) in [6.07, 6.45) is 2.89. The molecule has 0 radical (unpaired) electrons. The number of carbonyl (C=O) groups is 2. The van der Waals surface area contributed by atoms with Gasteiger partial charge in [-0.25, -0.2) is 19.2 Å². The molecule has 0 bridgehead atoms. The number of fused-ring (bicyclic) bond motifs is 1. The predicted molar refractivity (Wildman–Crippen MR) is 152 cm³/mol. The average Bonchev–Trinajstić information content (AvgIpc) is 3.22. The van der Waals surface area contributed by atoms with Crippen molar-refractivity contribution in [2.45, 2.75) is 52.6 Å². The largest absolute Gasteiger partial charge is 0.494 e. The third kappa shape index (κ3) is 5.37. The molecule has 2 amide bonds. The second-order valence-electron chi connectivity index (χ2n) is 11.5. The highest BCUT2D eigenvalue weighted by Gasteiger charge is 2.47. The number of hydrogen-bond donors (Lipinski definition) is 1. The van der Waals surface area contributed by atoms with Gasteiger partial charge in [0.25, 0.3) is 0 Å². The van der Waals surface area contributed by atoms with Crippen molar-refractivity contribution in [1.29, 1.82) is 0 Å². The number of amides is 2. The first-order valence-electron chi connectivity index (χ1n) is 13.2. The quantitative estimate of drug-likeness (QED) is 0.397. The highest BCUT2D eigenvalue weighted by Crippen LogP contribution is 2.46. The minimum absolute atomic E-state index is 0.00381. The van der Waals surface area contributed by atoms with Crippen molar-refractivity contribution in [3.63, 3.8) is 0 Å². The van der Waals surface area contributed by atoms with Crippen molar-refractivity contribution in [2.75, 3.05) is 37.0 Å². The van der Waals surface area contributed by atoms with Crippen LogP contribution in [0.1, 0.15) is 45.6 Å². The third-order valence-corrected chi connectivity index (χ3v) is 8.08. The molecule has 2 fully saturated rings. The zero-order chi connectivity index (χ0) is 28.8. The Morgan fingerprint density at radius 2 is 1.90 bits per heavy atom. The molecule has 2 saturated heterocycles. The average molecular weight is 570 g/mol. The number of piperidine rings is 1. The van der Waals surface area contributed by atoms with Crippen LogP contribution in [0.15, 0.2) is 30.6 Å². The van der Waals surface area contributed by atoms with Crippen molar-refractivity contribution in [3.05, 3.63) is 47.0 Å². The molecule has 2 aliphatic heterocycles. The number of nitrogens with zero attached hydrogens (tertiary/aromatic N) is 4. The zero-order valence-corrected chi connectivity index (χ0v) is 24.1. The van der Waals surface area contributed by atoms with Crippen LogP contribution in [0.2, 0.25) is 5.02 Å². The van der Waals surface area contributed by atoms with Gasteiger partial charge in [0, 0.05) is 48.6 Å². The molecular formula is C29H33ClFN5O4. The number of halogens is 2. The summed E-state index contributed by atoms with van der Waals surface area (Å²) in [6.45, 7) is 8.86. The molecule has 5 rings (SSSR count). The second-order valence-corrected chi connectivity index (χ2v) is 11.9. The monoisotopic (exact) mass is 569 g/mol. The standard InChI is InChI=1S/C29H33ClFN5O4/c1-17-20(7-6-19(31)25(17)30)34-26-18-12-22(23(39-5)13-21(18)32-16-33-26)36-15-29(14-24(36)37)8-10-35(11-9-29)27(38)40-28(2,3)4/h6-7,12-13,16H,8-11,14-15H2,1-5H3,(H,32,33,34). The van der Waals surface area contributed by atoms with Crippen LogP contribution < -0.4 is 15.0 Å².